The van der Waals surface area contributed by atoms with Gasteiger partial charge in [0.2, 0.25) is 0 Å². The number of hydrogen-bond donors (Lipinski definition) is 0. The Bertz CT molecular complexity index is 378. The highest BCUT2D eigenvalue weighted by atomic mass is 79.9. The molecule has 0 N–H and O–H groups in total. The molecule has 18 heavy (non-hydrogen) atoms. The Morgan fingerprint density at radius 2 is 2.06 bits per heavy atom. The Kier molecular flexibility index (Phi) is 5.32. The van der Waals surface area contributed by atoms with Gasteiger partial charge in [-0.25, -0.2) is 0 Å². The molecule has 0 atom stereocenters. The summed E-state index contributed by atoms with van der Waals surface area (Å²) in [7, 11) is 1.67. The monoisotopic (exact) mass is 313 g/mol. The number of ether oxygens (including phenoxy) is 2. The van der Waals surface area contributed by atoms with E-state index in [0.29, 0.717) is 0 Å². The topological polar surface area (TPSA) is 21.7 Å². The van der Waals surface area contributed by atoms with Crippen LogP contribution in [-0.4, -0.2) is 38.3 Å². The largest absolute Gasteiger partial charge is 0.497 e. The Hall–Kier alpha value is -0.740. The molecule has 0 aliphatic carbocycles. The minimum Gasteiger partial charge on any atom is -0.497 e. The van der Waals surface area contributed by atoms with Gasteiger partial charge in [-0.2, -0.15) is 0 Å². The minimum atomic E-state index is 0.765. The molecule has 1 heterocycles. The summed E-state index contributed by atoms with van der Waals surface area (Å²) in [5.41, 5.74) is 0. The van der Waals surface area contributed by atoms with Crippen LogP contribution in [0.15, 0.2) is 22.7 Å². The number of nitrogens with zero attached hydrogens (tertiary/aromatic N) is 1. The van der Waals surface area contributed by atoms with Gasteiger partial charge in [0.15, 0.2) is 0 Å². The van der Waals surface area contributed by atoms with Gasteiger partial charge in [-0.15, -0.1) is 0 Å². The van der Waals surface area contributed by atoms with E-state index in [9.17, 15) is 0 Å². The van der Waals surface area contributed by atoms with E-state index in [1.54, 1.807) is 7.11 Å². The van der Waals surface area contributed by atoms with E-state index in [1.165, 1.54) is 25.9 Å². The van der Waals surface area contributed by atoms with E-state index >= 15 is 0 Å². The number of methoxy groups -OCH3 is 1. The second kappa shape index (κ2) is 7.00. The number of halogens is 1. The highest BCUT2D eigenvalue weighted by Gasteiger charge is 2.10. The molecule has 0 radical (unpaired) electrons. The zero-order chi connectivity index (χ0) is 12.8. The van der Waals surface area contributed by atoms with Crippen molar-refractivity contribution in [3.05, 3.63) is 22.7 Å². The fraction of sp³-hybridized carbons (Fsp3) is 0.571. The molecule has 1 aliphatic heterocycles. The minimum absolute atomic E-state index is 0.765. The summed E-state index contributed by atoms with van der Waals surface area (Å²) in [6.07, 6.45) is 3.79. The van der Waals surface area contributed by atoms with Crippen molar-refractivity contribution in [1.82, 2.24) is 4.90 Å². The average molecular weight is 314 g/mol. The van der Waals surface area contributed by atoms with Crippen LogP contribution in [0.25, 0.3) is 0 Å². The van der Waals surface area contributed by atoms with Crippen LogP contribution in [0.5, 0.6) is 11.5 Å². The summed E-state index contributed by atoms with van der Waals surface area (Å²) in [5.74, 6) is 1.73. The molecule has 1 aromatic rings. The van der Waals surface area contributed by atoms with Crippen molar-refractivity contribution in [1.29, 1.82) is 0 Å². The van der Waals surface area contributed by atoms with Crippen molar-refractivity contribution in [3.8, 4) is 11.5 Å². The third-order valence-electron chi connectivity index (χ3n) is 3.21. The maximum Gasteiger partial charge on any atom is 0.133 e. The third kappa shape index (κ3) is 3.89. The first kappa shape index (κ1) is 13.7. The van der Waals surface area contributed by atoms with Gasteiger partial charge in [-0.3, -0.25) is 0 Å². The smallest absolute Gasteiger partial charge is 0.133 e. The van der Waals surface area contributed by atoms with Gasteiger partial charge in [-0.05, 0) is 66.5 Å². The summed E-state index contributed by atoms with van der Waals surface area (Å²) in [6.45, 7) is 4.42. The van der Waals surface area contributed by atoms with Gasteiger partial charge in [0, 0.05) is 6.54 Å². The van der Waals surface area contributed by atoms with Crippen LogP contribution in [-0.2, 0) is 0 Å². The summed E-state index contributed by atoms with van der Waals surface area (Å²) in [4.78, 5) is 2.51. The Balaban J connectivity index is 1.72. The van der Waals surface area contributed by atoms with Gasteiger partial charge < -0.3 is 14.4 Å². The van der Waals surface area contributed by atoms with E-state index in [1.807, 2.05) is 18.2 Å². The van der Waals surface area contributed by atoms with Crippen molar-refractivity contribution >= 4 is 15.9 Å². The molecule has 0 saturated carbocycles. The van der Waals surface area contributed by atoms with Crippen molar-refractivity contribution < 1.29 is 9.47 Å². The Morgan fingerprint density at radius 1 is 1.28 bits per heavy atom. The summed E-state index contributed by atoms with van der Waals surface area (Å²) < 4.78 is 11.9. The predicted molar refractivity (Wildman–Crippen MR) is 76.5 cm³/mol. The van der Waals surface area contributed by atoms with E-state index in [4.69, 9.17) is 9.47 Å². The highest BCUT2D eigenvalue weighted by molar-refractivity contribution is 9.10. The van der Waals surface area contributed by atoms with Crippen LogP contribution < -0.4 is 9.47 Å². The zero-order valence-corrected chi connectivity index (χ0v) is 12.4. The van der Waals surface area contributed by atoms with E-state index in [2.05, 4.69) is 20.8 Å². The predicted octanol–water partition coefficient (Wildman–Crippen LogP) is 3.32. The van der Waals surface area contributed by atoms with E-state index < -0.39 is 0 Å². The molecule has 0 unspecified atom stereocenters. The van der Waals surface area contributed by atoms with Crippen LogP contribution in [0.1, 0.15) is 19.3 Å². The van der Waals surface area contributed by atoms with Crippen LogP contribution in [0.3, 0.4) is 0 Å². The SMILES string of the molecule is COc1ccc(OCCCN2CCCC2)c(Br)c1. The lowest BCUT2D eigenvalue weighted by molar-refractivity contribution is 0.262. The lowest BCUT2D eigenvalue weighted by atomic mass is 10.3. The van der Waals surface area contributed by atoms with Crippen LogP contribution >= 0.6 is 15.9 Å². The molecule has 100 valence electrons. The molecule has 0 amide bonds. The molecule has 1 aromatic carbocycles. The van der Waals surface area contributed by atoms with Crippen LogP contribution in [0.2, 0.25) is 0 Å². The van der Waals surface area contributed by atoms with E-state index in [0.717, 1.165) is 35.5 Å². The quantitative estimate of drug-likeness (QED) is 0.752. The maximum absolute atomic E-state index is 5.77. The number of benzene rings is 1. The normalized spacial score (nSPS) is 15.9. The molecule has 0 aromatic heterocycles. The van der Waals surface area contributed by atoms with Crippen LogP contribution in [0, 0.1) is 0 Å². The van der Waals surface area contributed by atoms with Crippen LogP contribution in [0.4, 0.5) is 0 Å². The molecule has 1 saturated heterocycles. The maximum atomic E-state index is 5.77. The second-order valence-electron chi connectivity index (χ2n) is 4.55. The molecule has 1 aliphatic rings. The Morgan fingerprint density at radius 3 is 2.72 bits per heavy atom. The summed E-state index contributed by atoms with van der Waals surface area (Å²) in [5, 5.41) is 0. The van der Waals surface area contributed by atoms with Gasteiger partial charge in [0.25, 0.3) is 0 Å². The molecule has 0 bridgehead atoms. The fourth-order valence-corrected chi connectivity index (χ4v) is 2.67. The standard InChI is InChI=1S/C14H20BrNO2/c1-17-12-5-6-14(13(15)11-12)18-10-4-9-16-7-2-3-8-16/h5-6,11H,2-4,7-10H2,1H3. The molecule has 4 heteroatoms. The van der Waals surface area contributed by atoms with Gasteiger partial charge >= 0.3 is 0 Å². The van der Waals surface area contributed by atoms with Crippen molar-refractivity contribution in [2.24, 2.45) is 0 Å². The second-order valence-corrected chi connectivity index (χ2v) is 5.40. The summed E-state index contributed by atoms with van der Waals surface area (Å²) >= 11 is 3.49. The van der Waals surface area contributed by atoms with E-state index in [-0.39, 0.29) is 0 Å². The van der Waals surface area contributed by atoms with Crippen molar-refractivity contribution in [3.63, 3.8) is 0 Å². The number of rotatable bonds is 6. The molecular formula is C14H20BrNO2. The Labute approximate surface area is 117 Å². The molecule has 2 rings (SSSR count). The van der Waals surface area contributed by atoms with Gasteiger partial charge in [0.1, 0.15) is 11.5 Å². The lowest BCUT2D eigenvalue weighted by Gasteiger charge is -2.15. The first-order chi connectivity index (χ1) is 8.79. The molecular weight excluding hydrogens is 294 g/mol. The lowest BCUT2D eigenvalue weighted by Crippen LogP contribution is -2.21. The molecule has 3 nitrogen and oxygen atoms in total. The molecule has 1 fully saturated rings. The molecule has 0 spiro atoms. The van der Waals surface area contributed by atoms with Crippen molar-refractivity contribution in [2.45, 2.75) is 19.3 Å². The van der Waals surface area contributed by atoms with Gasteiger partial charge in [0.05, 0.1) is 18.2 Å². The average Bonchev–Trinajstić information content (AvgIpc) is 2.89. The number of hydrogen-bond acceptors (Lipinski definition) is 3. The third-order valence-corrected chi connectivity index (χ3v) is 3.83. The van der Waals surface area contributed by atoms with Crippen molar-refractivity contribution in [2.75, 3.05) is 33.4 Å². The number of likely N-dealkylation sites (tertiary alicyclic amines) is 1. The highest BCUT2D eigenvalue weighted by Crippen LogP contribution is 2.29. The first-order valence-electron chi connectivity index (χ1n) is 6.48. The fourth-order valence-electron chi connectivity index (χ4n) is 2.20. The van der Waals surface area contributed by atoms with Gasteiger partial charge in [-0.1, -0.05) is 0 Å². The zero-order valence-electron chi connectivity index (χ0n) is 10.8. The summed E-state index contributed by atoms with van der Waals surface area (Å²) in [6, 6.07) is 5.79. The first-order valence-corrected chi connectivity index (χ1v) is 7.27.